The molecule has 3 aliphatic rings. The predicted molar refractivity (Wildman–Crippen MR) is 95.0 cm³/mol. The molecule has 1 aromatic carbocycles. The lowest BCUT2D eigenvalue weighted by Crippen LogP contribution is -2.40. The lowest BCUT2D eigenvalue weighted by molar-refractivity contribution is 0.123. The van der Waals surface area contributed by atoms with E-state index in [4.69, 9.17) is 9.47 Å². The predicted octanol–water partition coefficient (Wildman–Crippen LogP) is 2.04. The van der Waals surface area contributed by atoms with Gasteiger partial charge in [-0.1, -0.05) is 0 Å². The standard InChI is InChI=1S/C18H22FN3O5/c1-25-16-10-7-13-14(9-20-17(23)26-2)27-18(24)22(13)12(10)8-11(19)15(16)21-5-3-4-6-21/h8,13-14H,3-7,9H2,1-2H3,(H,20,23)/t13-,14-/m0/s1. The van der Waals surface area contributed by atoms with Gasteiger partial charge in [-0.3, -0.25) is 4.90 Å². The van der Waals surface area contributed by atoms with Gasteiger partial charge < -0.3 is 24.4 Å². The van der Waals surface area contributed by atoms with Crippen LogP contribution in [-0.4, -0.2) is 58.2 Å². The second-order valence-electron chi connectivity index (χ2n) is 6.87. The van der Waals surface area contributed by atoms with Crippen molar-refractivity contribution in [3.63, 3.8) is 0 Å². The quantitative estimate of drug-likeness (QED) is 0.862. The maximum absolute atomic E-state index is 15.0. The fourth-order valence-corrected chi connectivity index (χ4v) is 4.22. The molecule has 0 saturated carbocycles. The summed E-state index contributed by atoms with van der Waals surface area (Å²) in [5.74, 6) is 0.0749. The number of cyclic esters (lactones) is 1. The molecule has 0 aromatic heterocycles. The van der Waals surface area contributed by atoms with Crippen LogP contribution in [0.25, 0.3) is 0 Å². The Bertz CT molecular complexity index is 781. The molecule has 2 fully saturated rings. The second kappa shape index (κ2) is 6.79. The minimum Gasteiger partial charge on any atom is -0.494 e. The highest BCUT2D eigenvalue weighted by molar-refractivity contribution is 5.95. The molecule has 0 unspecified atom stereocenters. The highest BCUT2D eigenvalue weighted by Crippen LogP contribution is 2.48. The number of hydrogen-bond donors (Lipinski definition) is 1. The first-order valence-electron chi connectivity index (χ1n) is 9.01. The van der Waals surface area contributed by atoms with Crippen molar-refractivity contribution in [1.29, 1.82) is 0 Å². The van der Waals surface area contributed by atoms with E-state index in [-0.39, 0.29) is 12.6 Å². The highest BCUT2D eigenvalue weighted by Gasteiger charge is 2.49. The molecule has 2 saturated heterocycles. The first kappa shape index (κ1) is 17.7. The number of amides is 2. The van der Waals surface area contributed by atoms with E-state index in [9.17, 15) is 14.0 Å². The van der Waals surface area contributed by atoms with Gasteiger partial charge in [0.15, 0.2) is 11.6 Å². The number of carbonyl (C=O) groups excluding carboxylic acids is 2. The largest absolute Gasteiger partial charge is 0.494 e. The average molecular weight is 379 g/mol. The van der Waals surface area contributed by atoms with Crippen LogP contribution in [0.5, 0.6) is 5.75 Å². The number of methoxy groups -OCH3 is 2. The van der Waals surface area contributed by atoms with Crippen LogP contribution >= 0.6 is 0 Å². The van der Waals surface area contributed by atoms with Crippen molar-refractivity contribution in [1.82, 2.24) is 5.32 Å². The first-order chi connectivity index (χ1) is 13.0. The van der Waals surface area contributed by atoms with E-state index in [0.29, 0.717) is 23.5 Å². The number of carbonyl (C=O) groups is 2. The fourth-order valence-electron chi connectivity index (χ4n) is 4.22. The Morgan fingerprint density at radius 2 is 2.11 bits per heavy atom. The molecule has 3 heterocycles. The van der Waals surface area contributed by atoms with Crippen LogP contribution in [0.2, 0.25) is 0 Å². The third-order valence-electron chi connectivity index (χ3n) is 5.43. The molecule has 27 heavy (non-hydrogen) atoms. The van der Waals surface area contributed by atoms with E-state index in [1.807, 2.05) is 4.90 Å². The summed E-state index contributed by atoms with van der Waals surface area (Å²) in [6, 6.07) is 1.06. The van der Waals surface area contributed by atoms with Gasteiger partial charge in [-0.15, -0.1) is 0 Å². The summed E-state index contributed by atoms with van der Waals surface area (Å²) < 4.78 is 30.5. The number of alkyl carbamates (subject to hydrolysis) is 1. The Morgan fingerprint density at radius 3 is 2.78 bits per heavy atom. The molecule has 0 bridgehead atoms. The summed E-state index contributed by atoms with van der Waals surface area (Å²) >= 11 is 0. The molecule has 0 radical (unpaired) electrons. The van der Waals surface area contributed by atoms with E-state index in [1.54, 1.807) is 0 Å². The van der Waals surface area contributed by atoms with Crippen molar-refractivity contribution < 1.29 is 28.2 Å². The zero-order chi connectivity index (χ0) is 19.1. The third-order valence-corrected chi connectivity index (χ3v) is 5.43. The van der Waals surface area contributed by atoms with Gasteiger partial charge in [0.25, 0.3) is 0 Å². The van der Waals surface area contributed by atoms with Crippen molar-refractivity contribution in [3.05, 3.63) is 17.4 Å². The number of halogens is 1. The Balaban J connectivity index is 1.66. The van der Waals surface area contributed by atoms with Gasteiger partial charge in [-0.2, -0.15) is 0 Å². The molecule has 0 spiro atoms. The van der Waals surface area contributed by atoms with Crippen molar-refractivity contribution >= 4 is 23.6 Å². The van der Waals surface area contributed by atoms with E-state index in [2.05, 4.69) is 10.1 Å². The minimum absolute atomic E-state index is 0.122. The molecule has 1 aromatic rings. The minimum atomic E-state index is -0.597. The Hall–Kier alpha value is -2.71. The summed E-state index contributed by atoms with van der Waals surface area (Å²) in [6.07, 6.45) is 0.806. The van der Waals surface area contributed by atoms with Crippen LogP contribution in [0, 0.1) is 5.82 Å². The van der Waals surface area contributed by atoms with Gasteiger partial charge in [0.1, 0.15) is 11.8 Å². The van der Waals surface area contributed by atoms with E-state index in [1.165, 1.54) is 25.2 Å². The fraction of sp³-hybridized carbons (Fsp3) is 0.556. The maximum atomic E-state index is 15.0. The second-order valence-corrected chi connectivity index (χ2v) is 6.87. The number of nitrogens with zero attached hydrogens (tertiary/aromatic N) is 2. The van der Waals surface area contributed by atoms with Crippen LogP contribution in [-0.2, 0) is 15.9 Å². The Morgan fingerprint density at radius 1 is 1.37 bits per heavy atom. The summed E-state index contributed by atoms with van der Waals surface area (Å²) in [5, 5.41) is 2.55. The molecule has 9 heteroatoms. The summed E-state index contributed by atoms with van der Waals surface area (Å²) in [4.78, 5) is 27.2. The Kier molecular flexibility index (Phi) is 4.45. The van der Waals surface area contributed by atoms with E-state index >= 15 is 0 Å². The molecular weight excluding hydrogens is 357 g/mol. The number of fused-ring (bicyclic) bond motifs is 3. The number of anilines is 2. The lowest BCUT2D eigenvalue weighted by atomic mass is 10.0. The normalized spacial score (nSPS) is 23.1. The van der Waals surface area contributed by atoms with Gasteiger partial charge in [-0.25, -0.2) is 14.0 Å². The van der Waals surface area contributed by atoms with Crippen LogP contribution in [0.3, 0.4) is 0 Å². The smallest absolute Gasteiger partial charge is 0.415 e. The van der Waals surface area contributed by atoms with Gasteiger partial charge >= 0.3 is 12.2 Å². The van der Waals surface area contributed by atoms with Crippen LogP contribution in [0.4, 0.5) is 25.4 Å². The molecule has 4 rings (SSSR count). The molecule has 2 atom stereocenters. The van der Waals surface area contributed by atoms with Crippen molar-refractivity contribution in [2.24, 2.45) is 0 Å². The first-order valence-corrected chi connectivity index (χ1v) is 9.01. The summed E-state index contributed by atoms with van der Waals surface area (Å²) in [7, 11) is 2.79. The number of nitrogens with one attached hydrogen (secondary N) is 1. The van der Waals surface area contributed by atoms with Crippen LogP contribution in [0.1, 0.15) is 18.4 Å². The molecule has 2 amide bonds. The molecular formula is C18H22FN3O5. The number of hydrogen-bond acceptors (Lipinski definition) is 6. The van der Waals surface area contributed by atoms with Crippen LogP contribution < -0.4 is 19.9 Å². The molecule has 1 N–H and O–H groups in total. The van der Waals surface area contributed by atoms with Crippen LogP contribution in [0.15, 0.2) is 6.07 Å². The summed E-state index contributed by atoms with van der Waals surface area (Å²) in [6.45, 7) is 1.69. The number of ether oxygens (including phenoxy) is 3. The van der Waals surface area contributed by atoms with Gasteiger partial charge in [0.05, 0.1) is 32.5 Å². The van der Waals surface area contributed by atoms with Gasteiger partial charge in [-0.05, 0) is 12.8 Å². The molecule has 146 valence electrons. The van der Waals surface area contributed by atoms with Gasteiger partial charge in [0.2, 0.25) is 0 Å². The highest BCUT2D eigenvalue weighted by atomic mass is 19.1. The maximum Gasteiger partial charge on any atom is 0.415 e. The summed E-state index contributed by atoms with van der Waals surface area (Å²) in [5.41, 5.74) is 1.74. The number of benzene rings is 1. The van der Waals surface area contributed by atoms with Crippen molar-refractivity contribution in [2.75, 3.05) is 43.7 Å². The zero-order valence-electron chi connectivity index (χ0n) is 15.3. The molecule has 0 aliphatic carbocycles. The van der Waals surface area contributed by atoms with Gasteiger partial charge in [0, 0.05) is 31.1 Å². The molecule has 3 aliphatic heterocycles. The van der Waals surface area contributed by atoms with Crippen molar-refractivity contribution in [3.8, 4) is 5.75 Å². The third kappa shape index (κ3) is 2.81. The van der Waals surface area contributed by atoms with Crippen molar-refractivity contribution in [2.45, 2.75) is 31.4 Å². The molecule has 8 nitrogen and oxygen atoms in total. The lowest BCUT2D eigenvalue weighted by Gasteiger charge is -2.24. The Labute approximate surface area is 156 Å². The SMILES string of the molecule is COC(=O)NC[C@@H]1OC(=O)N2c3cc(F)c(N4CCCC4)c(OC)c3C[C@@H]12. The zero-order valence-corrected chi connectivity index (χ0v) is 15.3. The average Bonchev–Trinajstić information content (AvgIpc) is 3.36. The monoisotopic (exact) mass is 379 g/mol. The van der Waals surface area contributed by atoms with E-state index < -0.39 is 24.1 Å². The van der Waals surface area contributed by atoms with E-state index in [0.717, 1.165) is 31.5 Å². The topological polar surface area (TPSA) is 80.3 Å². The number of rotatable bonds is 4.